The number of pyridine rings is 2. The molecule has 1 saturated heterocycles. The Labute approximate surface area is 195 Å². The van der Waals surface area contributed by atoms with Gasteiger partial charge in [-0.2, -0.15) is 13.2 Å². The summed E-state index contributed by atoms with van der Waals surface area (Å²) in [7, 11) is 0. The molecule has 8 heteroatoms. The largest absolute Gasteiger partial charge is 0.416 e. The van der Waals surface area contributed by atoms with E-state index in [2.05, 4.69) is 10.2 Å². The van der Waals surface area contributed by atoms with E-state index in [0.29, 0.717) is 36.4 Å². The maximum atomic E-state index is 13.2. The first-order valence-electron chi connectivity index (χ1n) is 11.1. The van der Waals surface area contributed by atoms with Crippen LogP contribution in [0.1, 0.15) is 11.3 Å². The summed E-state index contributed by atoms with van der Waals surface area (Å²) in [5.74, 6) is 1.63. The number of alkyl halides is 3. The van der Waals surface area contributed by atoms with Gasteiger partial charge in [-0.15, -0.1) is 0 Å². The molecule has 0 spiro atoms. The molecule has 2 aromatic carbocycles. The van der Waals surface area contributed by atoms with Gasteiger partial charge in [0.15, 0.2) is 0 Å². The molecule has 1 fully saturated rings. The van der Waals surface area contributed by atoms with Crippen molar-refractivity contribution in [3.63, 3.8) is 0 Å². The van der Waals surface area contributed by atoms with E-state index in [1.165, 1.54) is 12.1 Å². The van der Waals surface area contributed by atoms with Crippen LogP contribution in [0.15, 0.2) is 72.8 Å². The summed E-state index contributed by atoms with van der Waals surface area (Å²) in [4.78, 5) is 11.7. The van der Waals surface area contributed by atoms with Gasteiger partial charge in [-0.1, -0.05) is 42.5 Å². The predicted molar refractivity (Wildman–Crippen MR) is 127 cm³/mol. The van der Waals surface area contributed by atoms with Gasteiger partial charge in [-0.3, -0.25) is 4.98 Å². The van der Waals surface area contributed by atoms with Gasteiger partial charge < -0.3 is 15.0 Å². The quantitative estimate of drug-likeness (QED) is 0.407. The van der Waals surface area contributed by atoms with Gasteiger partial charge in [0.05, 0.1) is 36.5 Å². The number of nitrogens with one attached hydrogen (secondary N) is 1. The van der Waals surface area contributed by atoms with Crippen molar-refractivity contribution in [1.82, 2.24) is 9.97 Å². The molecule has 5 rings (SSSR count). The number of ether oxygens (including phenoxy) is 1. The minimum Gasteiger partial charge on any atom is -0.378 e. The highest BCUT2D eigenvalue weighted by atomic mass is 19.4. The highest BCUT2D eigenvalue weighted by molar-refractivity contribution is 5.93. The molecule has 1 aliphatic rings. The Morgan fingerprint density at radius 3 is 2.50 bits per heavy atom. The molecule has 0 unspecified atom stereocenters. The van der Waals surface area contributed by atoms with E-state index in [-0.39, 0.29) is 0 Å². The zero-order chi connectivity index (χ0) is 23.5. The number of hydrogen-bond acceptors (Lipinski definition) is 5. The van der Waals surface area contributed by atoms with E-state index >= 15 is 0 Å². The number of nitrogens with zero attached hydrogens (tertiary/aromatic N) is 3. The Kier molecular flexibility index (Phi) is 6.06. The summed E-state index contributed by atoms with van der Waals surface area (Å²) in [5.41, 5.74) is 1.91. The van der Waals surface area contributed by atoms with E-state index in [1.54, 1.807) is 12.1 Å². The molecule has 5 nitrogen and oxygen atoms in total. The van der Waals surface area contributed by atoms with Gasteiger partial charge >= 0.3 is 6.18 Å². The van der Waals surface area contributed by atoms with Crippen molar-refractivity contribution < 1.29 is 17.9 Å². The molecule has 1 N–H and O–H groups in total. The van der Waals surface area contributed by atoms with Crippen molar-refractivity contribution in [3.8, 4) is 11.1 Å². The molecule has 2 aromatic heterocycles. The molecule has 4 aromatic rings. The summed E-state index contributed by atoms with van der Waals surface area (Å²) in [6, 6.07) is 20.6. The van der Waals surface area contributed by atoms with Crippen LogP contribution in [-0.4, -0.2) is 36.3 Å². The van der Waals surface area contributed by atoms with Gasteiger partial charge in [-0.25, -0.2) is 4.98 Å². The molecule has 174 valence electrons. The van der Waals surface area contributed by atoms with Crippen LogP contribution in [-0.2, 0) is 17.5 Å². The van der Waals surface area contributed by atoms with Crippen LogP contribution in [0.4, 0.5) is 24.8 Å². The Hall–Kier alpha value is -3.65. The second-order valence-corrected chi connectivity index (χ2v) is 8.09. The lowest BCUT2D eigenvalue weighted by Crippen LogP contribution is -2.36. The van der Waals surface area contributed by atoms with Crippen LogP contribution in [0.3, 0.4) is 0 Å². The standard InChI is InChI=1S/C26H23F3N4O/c27-26(28,29)20-6-1-5-19(16-20)22-7-2-4-18-10-11-21(31-25(18)22)17-30-23-8-3-9-24(32-23)33-12-14-34-15-13-33/h1-11,16H,12-15,17H2,(H,30,32). The molecule has 0 bridgehead atoms. The zero-order valence-electron chi connectivity index (χ0n) is 18.3. The minimum absolute atomic E-state index is 0.437. The average molecular weight is 464 g/mol. The molecule has 1 aliphatic heterocycles. The summed E-state index contributed by atoms with van der Waals surface area (Å²) >= 11 is 0. The number of aromatic nitrogens is 2. The molecule has 0 radical (unpaired) electrons. The van der Waals surface area contributed by atoms with Crippen molar-refractivity contribution in [3.05, 3.63) is 84.1 Å². The normalized spacial score (nSPS) is 14.4. The van der Waals surface area contributed by atoms with Crippen LogP contribution in [0.5, 0.6) is 0 Å². The van der Waals surface area contributed by atoms with Gasteiger partial charge in [-0.05, 0) is 35.9 Å². The fourth-order valence-corrected chi connectivity index (χ4v) is 4.05. The molecule has 34 heavy (non-hydrogen) atoms. The number of morpholine rings is 1. The van der Waals surface area contributed by atoms with E-state index in [1.807, 2.05) is 42.5 Å². The molecular weight excluding hydrogens is 441 g/mol. The summed E-state index contributed by atoms with van der Waals surface area (Å²) in [6.45, 7) is 3.43. The van der Waals surface area contributed by atoms with E-state index in [0.717, 1.165) is 41.9 Å². The lowest BCUT2D eigenvalue weighted by atomic mass is 9.99. The first kappa shape index (κ1) is 22.2. The van der Waals surface area contributed by atoms with Crippen molar-refractivity contribution in [2.24, 2.45) is 0 Å². The molecule has 0 saturated carbocycles. The van der Waals surface area contributed by atoms with Crippen LogP contribution in [0, 0.1) is 0 Å². The SMILES string of the molecule is FC(F)(F)c1cccc(-c2cccc3ccc(CNc4cccc(N5CCOCC5)n4)nc23)c1. The smallest absolute Gasteiger partial charge is 0.378 e. The zero-order valence-corrected chi connectivity index (χ0v) is 18.3. The van der Waals surface area contributed by atoms with Crippen LogP contribution < -0.4 is 10.2 Å². The van der Waals surface area contributed by atoms with Gasteiger partial charge in [0.1, 0.15) is 11.6 Å². The number of hydrogen-bond donors (Lipinski definition) is 1. The fourth-order valence-electron chi connectivity index (χ4n) is 4.05. The highest BCUT2D eigenvalue weighted by Gasteiger charge is 2.30. The second-order valence-electron chi connectivity index (χ2n) is 8.09. The summed E-state index contributed by atoms with van der Waals surface area (Å²) < 4.78 is 45.1. The third-order valence-electron chi connectivity index (χ3n) is 5.80. The molecule has 3 heterocycles. The lowest BCUT2D eigenvalue weighted by Gasteiger charge is -2.28. The second kappa shape index (κ2) is 9.30. The van der Waals surface area contributed by atoms with Crippen LogP contribution in [0.2, 0.25) is 0 Å². The summed E-state index contributed by atoms with van der Waals surface area (Å²) in [5, 5.41) is 4.18. The Morgan fingerprint density at radius 2 is 1.68 bits per heavy atom. The number of anilines is 2. The number of rotatable bonds is 5. The van der Waals surface area contributed by atoms with Crippen molar-refractivity contribution in [2.45, 2.75) is 12.7 Å². The van der Waals surface area contributed by atoms with Crippen LogP contribution in [0.25, 0.3) is 22.0 Å². The lowest BCUT2D eigenvalue weighted by molar-refractivity contribution is -0.137. The van der Waals surface area contributed by atoms with E-state index < -0.39 is 11.7 Å². The molecular formula is C26H23F3N4O. The van der Waals surface area contributed by atoms with Gasteiger partial charge in [0.25, 0.3) is 0 Å². The Morgan fingerprint density at radius 1 is 0.882 bits per heavy atom. The third-order valence-corrected chi connectivity index (χ3v) is 5.80. The van der Waals surface area contributed by atoms with E-state index in [9.17, 15) is 13.2 Å². The maximum Gasteiger partial charge on any atom is 0.416 e. The summed E-state index contributed by atoms with van der Waals surface area (Å²) in [6.07, 6.45) is -4.40. The van der Waals surface area contributed by atoms with Crippen molar-refractivity contribution in [2.75, 3.05) is 36.5 Å². The first-order valence-corrected chi connectivity index (χ1v) is 11.1. The molecule has 0 atom stereocenters. The Bertz CT molecular complexity index is 1300. The highest BCUT2D eigenvalue weighted by Crippen LogP contribution is 2.34. The number of benzene rings is 2. The molecule has 0 amide bonds. The third kappa shape index (κ3) is 4.82. The van der Waals surface area contributed by atoms with Gasteiger partial charge in [0, 0.05) is 24.0 Å². The number of halogens is 3. The van der Waals surface area contributed by atoms with E-state index in [4.69, 9.17) is 14.7 Å². The maximum absolute atomic E-state index is 13.2. The fraction of sp³-hybridized carbons (Fsp3) is 0.231. The average Bonchev–Trinajstić information content (AvgIpc) is 2.87. The van der Waals surface area contributed by atoms with Crippen molar-refractivity contribution >= 4 is 22.5 Å². The minimum atomic E-state index is -4.40. The molecule has 0 aliphatic carbocycles. The Balaban J connectivity index is 1.40. The number of para-hydroxylation sites is 1. The van der Waals surface area contributed by atoms with Gasteiger partial charge in [0.2, 0.25) is 0 Å². The van der Waals surface area contributed by atoms with Crippen LogP contribution >= 0.6 is 0 Å². The monoisotopic (exact) mass is 464 g/mol. The first-order chi connectivity index (χ1) is 16.5. The number of fused-ring (bicyclic) bond motifs is 1. The topological polar surface area (TPSA) is 50.3 Å². The van der Waals surface area contributed by atoms with Crippen molar-refractivity contribution in [1.29, 1.82) is 0 Å². The predicted octanol–water partition coefficient (Wildman–Crippen LogP) is 5.76.